The Hall–Kier alpha value is -1.85. The van der Waals surface area contributed by atoms with Crippen molar-refractivity contribution in [1.29, 1.82) is 0 Å². The largest absolute Gasteiger partial charge is 0.382 e. The second kappa shape index (κ2) is 9.45. The lowest BCUT2D eigenvalue weighted by atomic mass is 10.1. The molecule has 2 aromatic carbocycles. The summed E-state index contributed by atoms with van der Waals surface area (Å²) in [7, 11) is 0. The van der Waals surface area contributed by atoms with Gasteiger partial charge in [0.1, 0.15) is 0 Å². The second-order valence-electron chi connectivity index (χ2n) is 5.65. The quantitative estimate of drug-likeness (QED) is 0.406. The summed E-state index contributed by atoms with van der Waals surface area (Å²) in [6.07, 6.45) is 0.921. The molecule has 2 rings (SSSR count). The first kappa shape index (κ1) is 18.5. The molecule has 0 fully saturated rings. The first-order valence-corrected chi connectivity index (χ1v) is 8.89. The van der Waals surface area contributed by atoms with Gasteiger partial charge in [-0.3, -0.25) is 0 Å². The molecular formula is C19H24BrN3O. The summed E-state index contributed by atoms with van der Waals surface area (Å²) in [5, 5.41) is 4.32. The van der Waals surface area contributed by atoms with Gasteiger partial charge in [-0.05, 0) is 31.0 Å². The van der Waals surface area contributed by atoms with E-state index in [1.54, 1.807) is 0 Å². The number of hydrogen-bond acceptors (Lipinski definition) is 3. The Morgan fingerprint density at radius 3 is 2.46 bits per heavy atom. The van der Waals surface area contributed by atoms with Crippen molar-refractivity contribution >= 4 is 21.8 Å². The fourth-order valence-corrected chi connectivity index (χ4v) is 2.55. The molecule has 0 heterocycles. The minimum Gasteiger partial charge on any atom is -0.382 e. The van der Waals surface area contributed by atoms with Crippen LogP contribution in [0.3, 0.4) is 0 Å². The van der Waals surface area contributed by atoms with Gasteiger partial charge < -0.3 is 15.9 Å². The predicted octanol–water partition coefficient (Wildman–Crippen LogP) is 4.04. The highest BCUT2D eigenvalue weighted by atomic mass is 79.9. The van der Waals surface area contributed by atoms with E-state index < -0.39 is 0 Å². The van der Waals surface area contributed by atoms with Gasteiger partial charge in [0, 0.05) is 10.0 Å². The molecule has 0 radical (unpaired) electrons. The summed E-state index contributed by atoms with van der Waals surface area (Å²) < 4.78 is 6.97. The van der Waals surface area contributed by atoms with Crippen LogP contribution in [0, 0.1) is 0 Å². The standard InChI is InChI=1S/C19H24BrN3O/c1-3-18(14(2)24-13-15-7-5-4-6-8-15)22-23-19(21)16-9-11-17(20)12-10-16/h4-12,14,18,22H,3,13H2,1-2H3,(H2,21,23)/t14-,18-/m0/s1. The Morgan fingerprint density at radius 2 is 1.83 bits per heavy atom. The van der Waals surface area contributed by atoms with E-state index in [0.29, 0.717) is 12.4 Å². The first-order chi connectivity index (χ1) is 11.6. The van der Waals surface area contributed by atoms with E-state index in [9.17, 15) is 0 Å². The summed E-state index contributed by atoms with van der Waals surface area (Å²) >= 11 is 3.41. The Morgan fingerprint density at radius 1 is 1.17 bits per heavy atom. The number of nitrogens with one attached hydrogen (secondary N) is 1. The van der Waals surface area contributed by atoms with Crippen LogP contribution in [-0.4, -0.2) is 18.0 Å². The second-order valence-corrected chi connectivity index (χ2v) is 6.57. The highest BCUT2D eigenvalue weighted by Gasteiger charge is 2.15. The molecule has 3 N–H and O–H groups in total. The van der Waals surface area contributed by atoms with Crippen LogP contribution in [0.25, 0.3) is 0 Å². The maximum absolute atomic E-state index is 6.04. The van der Waals surface area contributed by atoms with Gasteiger partial charge in [-0.1, -0.05) is 65.3 Å². The van der Waals surface area contributed by atoms with Crippen LogP contribution in [0.1, 0.15) is 31.4 Å². The molecule has 2 atom stereocenters. The lowest BCUT2D eigenvalue weighted by Gasteiger charge is -2.23. The van der Waals surface area contributed by atoms with Crippen LogP contribution in [0.2, 0.25) is 0 Å². The van der Waals surface area contributed by atoms with E-state index in [2.05, 4.69) is 52.4 Å². The lowest BCUT2D eigenvalue weighted by molar-refractivity contribution is 0.0263. The Bertz CT molecular complexity index is 643. The molecule has 0 unspecified atom stereocenters. The summed E-state index contributed by atoms with van der Waals surface area (Å²) in [5.74, 6) is 0.469. The van der Waals surface area contributed by atoms with Gasteiger partial charge >= 0.3 is 0 Å². The van der Waals surface area contributed by atoms with Crippen molar-refractivity contribution in [3.8, 4) is 0 Å². The molecule has 0 aliphatic rings. The third kappa shape index (κ3) is 5.65. The monoisotopic (exact) mass is 389 g/mol. The third-order valence-electron chi connectivity index (χ3n) is 3.85. The molecule has 0 spiro atoms. The molecule has 0 bridgehead atoms. The van der Waals surface area contributed by atoms with Gasteiger partial charge in [0.15, 0.2) is 5.84 Å². The highest BCUT2D eigenvalue weighted by molar-refractivity contribution is 9.10. The minimum atomic E-state index is 0.0247. The molecule has 5 heteroatoms. The number of ether oxygens (including phenoxy) is 1. The van der Waals surface area contributed by atoms with Gasteiger partial charge in [0.25, 0.3) is 0 Å². The Kier molecular flexibility index (Phi) is 7.28. The number of halogens is 1. The third-order valence-corrected chi connectivity index (χ3v) is 4.38. The van der Waals surface area contributed by atoms with Gasteiger partial charge in [0.05, 0.1) is 18.8 Å². The van der Waals surface area contributed by atoms with Crippen LogP contribution in [0.15, 0.2) is 64.2 Å². The van der Waals surface area contributed by atoms with Crippen molar-refractivity contribution in [3.63, 3.8) is 0 Å². The fourth-order valence-electron chi connectivity index (χ4n) is 2.28. The van der Waals surface area contributed by atoms with E-state index >= 15 is 0 Å². The molecule has 0 aliphatic carbocycles. The summed E-state index contributed by atoms with van der Waals surface area (Å²) in [6.45, 7) is 4.74. The zero-order chi connectivity index (χ0) is 17.4. The zero-order valence-corrected chi connectivity index (χ0v) is 15.7. The van der Waals surface area contributed by atoms with Crippen molar-refractivity contribution in [2.24, 2.45) is 10.8 Å². The molecule has 2 aromatic rings. The van der Waals surface area contributed by atoms with Crippen molar-refractivity contribution in [2.45, 2.75) is 39.0 Å². The van der Waals surface area contributed by atoms with Crippen molar-refractivity contribution < 1.29 is 4.74 Å². The summed E-state index contributed by atoms with van der Waals surface area (Å²) in [5.41, 5.74) is 11.2. The molecule has 0 aliphatic heterocycles. The van der Waals surface area contributed by atoms with Crippen LogP contribution in [-0.2, 0) is 11.3 Å². The van der Waals surface area contributed by atoms with E-state index in [1.165, 1.54) is 0 Å². The van der Waals surface area contributed by atoms with Crippen molar-refractivity contribution in [3.05, 3.63) is 70.2 Å². The molecule has 0 aromatic heterocycles. The Balaban J connectivity index is 1.90. The smallest absolute Gasteiger partial charge is 0.150 e. The highest BCUT2D eigenvalue weighted by Crippen LogP contribution is 2.11. The lowest BCUT2D eigenvalue weighted by Crippen LogP contribution is -2.37. The van der Waals surface area contributed by atoms with Crippen LogP contribution < -0.4 is 11.2 Å². The molecule has 0 saturated carbocycles. The van der Waals surface area contributed by atoms with Crippen molar-refractivity contribution in [2.75, 3.05) is 0 Å². The average Bonchev–Trinajstić information content (AvgIpc) is 2.61. The average molecular weight is 390 g/mol. The number of rotatable bonds is 8. The number of nitrogens with zero attached hydrogens (tertiary/aromatic N) is 1. The Labute approximate surface area is 152 Å². The molecule has 0 saturated heterocycles. The van der Waals surface area contributed by atoms with Gasteiger partial charge in [-0.2, -0.15) is 5.10 Å². The van der Waals surface area contributed by atoms with Crippen molar-refractivity contribution in [1.82, 2.24) is 5.43 Å². The normalized spacial score (nSPS) is 14.2. The molecule has 0 amide bonds. The maximum Gasteiger partial charge on any atom is 0.150 e. The van der Waals surface area contributed by atoms with E-state index in [-0.39, 0.29) is 12.1 Å². The number of benzene rings is 2. The van der Waals surface area contributed by atoms with Crippen LogP contribution in [0.4, 0.5) is 0 Å². The van der Waals surface area contributed by atoms with E-state index in [4.69, 9.17) is 10.5 Å². The molecule has 24 heavy (non-hydrogen) atoms. The van der Waals surface area contributed by atoms with E-state index in [0.717, 1.165) is 22.0 Å². The number of hydrazone groups is 1. The van der Waals surface area contributed by atoms with Crippen LogP contribution >= 0.6 is 15.9 Å². The van der Waals surface area contributed by atoms with Gasteiger partial charge in [-0.15, -0.1) is 0 Å². The topological polar surface area (TPSA) is 59.6 Å². The fraction of sp³-hybridized carbons (Fsp3) is 0.316. The molecular weight excluding hydrogens is 366 g/mol. The van der Waals surface area contributed by atoms with Gasteiger partial charge in [-0.25, -0.2) is 0 Å². The molecule has 4 nitrogen and oxygen atoms in total. The van der Waals surface area contributed by atoms with E-state index in [1.807, 2.05) is 42.5 Å². The number of hydrogen-bond donors (Lipinski definition) is 2. The minimum absolute atomic E-state index is 0.0247. The maximum atomic E-state index is 6.04. The van der Waals surface area contributed by atoms with Crippen LogP contribution in [0.5, 0.6) is 0 Å². The zero-order valence-electron chi connectivity index (χ0n) is 14.1. The summed E-state index contributed by atoms with van der Waals surface area (Å²) in [6, 6.07) is 18.0. The predicted molar refractivity (Wildman–Crippen MR) is 103 cm³/mol. The number of nitrogens with two attached hydrogens (primary N) is 1. The first-order valence-electron chi connectivity index (χ1n) is 8.10. The van der Waals surface area contributed by atoms with Gasteiger partial charge in [0.2, 0.25) is 0 Å². The SMILES string of the molecule is CC[C@H](N/N=C(\N)c1ccc(Br)cc1)[C@H](C)OCc1ccccc1. The summed E-state index contributed by atoms with van der Waals surface area (Å²) in [4.78, 5) is 0. The molecule has 128 valence electrons. The number of amidine groups is 1.